The van der Waals surface area contributed by atoms with E-state index in [2.05, 4.69) is 4.99 Å². The Kier molecular flexibility index (Phi) is 4.14. The molecular weight excluding hydrogens is 276 g/mol. The van der Waals surface area contributed by atoms with E-state index < -0.39 is 16.4 Å². The van der Waals surface area contributed by atoms with Gasteiger partial charge in [-0.25, -0.2) is 9.59 Å². The Balaban J connectivity index is 2.77. The lowest BCUT2D eigenvalue weighted by atomic mass is 9.84. The number of benzene rings is 1. The Labute approximate surface area is 120 Å². The molecule has 7 nitrogen and oxygen atoms in total. The molecule has 1 aromatic rings. The third-order valence-electron chi connectivity index (χ3n) is 3.80. The van der Waals surface area contributed by atoms with E-state index in [1.807, 2.05) is 0 Å². The van der Waals surface area contributed by atoms with Crippen LogP contribution in [0.5, 0.6) is 0 Å². The van der Waals surface area contributed by atoms with Crippen LogP contribution < -0.4 is 0 Å². The Morgan fingerprint density at radius 2 is 2.10 bits per heavy atom. The Bertz CT molecular complexity index is 628. The van der Waals surface area contributed by atoms with Gasteiger partial charge in [-0.15, -0.1) is 0 Å². The average molecular weight is 290 g/mol. The summed E-state index contributed by atoms with van der Waals surface area (Å²) in [5.74, 6) is -0.680. The van der Waals surface area contributed by atoms with Gasteiger partial charge in [0.15, 0.2) is 0 Å². The standard InChI is InChI=1S/C14H14N2O5/c1-21-13(18)10-5-4-6-11(16(19)20)12(10)14(15-9-17)7-2-3-8-14/h4-6H,2-3,7-8H2,1H3. The molecule has 0 radical (unpaired) electrons. The molecule has 7 heteroatoms. The lowest BCUT2D eigenvalue weighted by molar-refractivity contribution is -0.386. The number of hydrogen-bond donors (Lipinski definition) is 0. The van der Waals surface area contributed by atoms with Crippen LogP contribution in [0.25, 0.3) is 0 Å². The predicted octanol–water partition coefficient (Wildman–Crippen LogP) is 2.49. The topological polar surface area (TPSA) is 98.9 Å². The second-order valence-electron chi connectivity index (χ2n) is 4.89. The first-order chi connectivity index (χ1) is 10.1. The van der Waals surface area contributed by atoms with Crippen LogP contribution in [-0.2, 0) is 15.1 Å². The molecule has 0 bridgehead atoms. The van der Waals surface area contributed by atoms with Gasteiger partial charge < -0.3 is 4.74 Å². The summed E-state index contributed by atoms with van der Waals surface area (Å²) in [6, 6.07) is 4.18. The summed E-state index contributed by atoms with van der Waals surface area (Å²) < 4.78 is 4.69. The molecule has 110 valence electrons. The fraction of sp³-hybridized carbons (Fsp3) is 0.429. The van der Waals surface area contributed by atoms with Gasteiger partial charge >= 0.3 is 5.97 Å². The lowest BCUT2D eigenvalue weighted by Crippen LogP contribution is -2.24. The molecule has 0 aliphatic heterocycles. The second-order valence-corrected chi connectivity index (χ2v) is 4.89. The van der Waals surface area contributed by atoms with E-state index >= 15 is 0 Å². The molecule has 2 rings (SSSR count). The van der Waals surface area contributed by atoms with Crippen molar-refractivity contribution in [2.75, 3.05) is 7.11 Å². The first-order valence-corrected chi connectivity index (χ1v) is 6.51. The fourth-order valence-electron chi connectivity index (χ4n) is 2.93. The second kappa shape index (κ2) is 5.85. The van der Waals surface area contributed by atoms with Crippen LogP contribution in [0.3, 0.4) is 0 Å². The van der Waals surface area contributed by atoms with Crippen molar-refractivity contribution in [1.82, 2.24) is 0 Å². The molecule has 1 saturated carbocycles. The SMILES string of the molecule is COC(=O)c1cccc([N+](=O)[O-])c1C1(N=C=O)CCCC1. The summed E-state index contributed by atoms with van der Waals surface area (Å²) in [4.78, 5) is 37.3. The summed E-state index contributed by atoms with van der Waals surface area (Å²) in [6.45, 7) is 0. The van der Waals surface area contributed by atoms with Gasteiger partial charge in [0.25, 0.3) is 5.69 Å². The average Bonchev–Trinajstić information content (AvgIpc) is 2.95. The monoisotopic (exact) mass is 290 g/mol. The molecule has 0 saturated heterocycles. The highest BCUT2D eigenvalue weighted by molar-refractivity contribution is 5.93. The van der Waals surface area contributed by atoms with Crippen LogP contribution >= 0.6 is 0 Å². The lowest BCUT2D eigenvalue weighted by Gasteiger charge is -2.24. The number of aliphatic imine (C=N–C) groups is 1. The number of nitro benzene ring substituents is 1. The number of rotatable bonds is 4. The van der Waals surface area contributed by atoms with E-state index in [0.29, 0.717) is 12.8 Å². The van der Waals surface area contributed by atoms with Crippen molar-refractivity contribution >= 4 is 17.7 Å². The third kappa shape index (κ3) is 2.55. The van der Waals surface area contributed by atoms with E-state index in [1.165, 1.54) is 31.4 Å². The van der Waals surface area contributed by atoms with Crippen LogP contribution in [0, 0.1) is 10.1 Å². The van der Waals surface area contributed by atoms with E-state index in [4.69, 9.17) is 4.74 Å². The van der Waals surface area contributed by atoms with Crippen LogP contribution in [0.4, 0.5) is 5.69 Å². The van der Waals surface area contributed by atoms with Crippen molar-refractivity contribution in [3.63, 3.8) is 0 Å². The summed E-state index contributed by atoms with van der Waals surface area (Å²) >= 11 is 0. The molecule has 0 atom stereocenters. The number of nitrogens with zero attached hydrogens (tertiary/aromatic N) is 2. The number of methoxy groups -OCH3 is 1. The molecule has 21 heavy (non-hydrogen) atoms. The molecule has 0 unspecified atom stereocenters. The van der Waals surface area contributed by atoms with E-state index in [-0.39, 0.29) is 16.8 Å². The van der Waals surface area contributed by atoms with Gasteiger partial charge in [0, 0.05) is 6.07 Å². The van der Waals surface area contributed by atoms with Crippen molar-refractivity contribution in [3.05, 3.63) is 39.4 Å². The quantitative estimate of drug-likeness (QED) is 0.279. The molecule has 0 aromatic heterocycles. The molecular formula is C14H14N2O5. The summed E-state index contributed by atoms with van der Waals surface area (Å²) in [5.41, 5.74) is -1.05. The van der Waals surface area contributed by atoms with Gasteiger partial charge in [0.05, 0.1) is 23.2 Å². The number of esters is 1. The number of carbonyl (C=O) groups excluding carboxylic acids is 2. The minimum Gasteiger partial charge on any atom is -0.465 e. The zero-order valence-corrected chi connectivity index (χ0v) is 11.5. The molecule has 0 heterocycles. The Morgan fingerprint density at radius 1 is 1.43 bits per heavy atom. The van der Waals surface area contributed by atoms with E-state index in [0.717, 1.165) is 12.8 Å². The van der Waals surface area contributed by atoms with Crippen LogP contribution in [0.1, 0.15) is 41.6 Å². The first-order valence-electron chi connectivity index (χ1n) is 6.51. The smallest absolute Gasteiger partial charge is 0.338 e. The van der Waals surface area contributed by atoms with Crippen LogP contribution in [-0.4, -0.2) is 24.1 Å². The van der Waals surface area contributed by atoms with Crippen molar-refractivity contribution in [3.8, 4) is 0 Å². The largest absolute Gasteiger partial charge is 0.465 e. The number of isocyanates is 1. The van der Waals surface area contributed by atoms with Gasteiger partial charge in [-0.3, -0.25) is 10.1 Å². The minimum atomic E-state index is -1.06. The third-order valence-corrected chi connectivity index (χ3v) is 3.80. The Morgan fingerprint density at radius 3 is 2.62 bits per heavy atom. The Hall–Kier alpha value is -2.53. The predicted molar refractivity (Wildman–Crippen MR) is 72.7 cm³/mol. The number of hydrogen-bond acceptors (Lipinski definition) is 6. The highest BCUT2D eigenvalue weighted by Crippen LogP contribution is 2.47. The normalized spacial score (nSPS) is 16.0. The van der Waals surface area contributed by atoms with Gasteiger partial charge in [-0.1, -0.05) is 18.9 Å². The van der Waals surface area contributed by atoms with Crippen LogP contribution in [0.2, 0.25) is 0 Å². The molecule has 1 aliphatic carbocycles. The first kappa shape index (κ1) is 14.9. The molecule has 1 aliphatic rings. The van der Waals surface area contributed by atoms with Crippen molar-refractivity contribution in [1.29, 1.82) is 0 Å². The highest BCUT2D eigenvalue weighted by atomic mass is 16.6. The number of nitro groups is 1. The molecule has 1 aromatic carbocycles. The summed E-state index contributed by atoms with van der Waals surface area (Å²) in [6.07, 6.45) is 3.99. The zero-order chi connectivity index (χ0) is 15.5. The molecule has 0 spiro atoms. The van der Waals surface area contributed by atoms with Gasteiger partial charge in [0.1, 0.15) is 5.54 Å². The van der Waals surface area contributed by atoms with Gasteiger partial charge in [0.2, 0.25) is 6.08 Å². The van der Waals surface area contributed by atoms with Crippen molar-refractivity contribution in [2.45, 2.75) is 31.2 Å². The summed E-state index contributed by atoms with van der Waals surface area (Å²) in [5, 5.41) is 11.3. The van der Waals surface area contributed by atoms with Gasteiger partial charge in [-0.2, -0.15) is 4.99 Å². The molecule has 0 N–H and O–H groups in total. The number of ether oxygens (including phenoxy) is 1. The van der Waals surface area contributed by atoms with Crippen molar-refractivity contribution < 1.29 is 19.2 Å². The number of carbonyl (C=O) groups is 1. The van der Waals surface area contributed by atoms with E-state index in [1.54, 1.807) is 0 Å². The van der Waals surface area contributed by atoms with Gasteiger partial charge in [-0.05, 0) is 18.9 Å². The maximum Gasteiger partial charge on any atom is 0.338 e. The highest BCUT2D eigenvalue weighted by Gasteiger charge is 2.43. The molecule has 1 fully saturated rings. The maximum absolute atomic E-state index is 11.9. The molecule has 0 amide bonds. The minimum absolute atomic E-state index is 0.0765. The zero-order valence-electron chi connectivity index (χ0n) is 11.5. The van der Waals surface area contributed by atoms with Crippen molar-refractivity contribution in [2.24, 2.45) is 4.99 Å². The summed E-state index contributed by atoms with van der Waals surface area (Å²) in [7, 11) is 1.20. The fourth-order valence-corrected chi connectivity index (χ4v) is 2.93. The maximum atomic E-state index is 11.9. The van der Waals surface area contributed by atoms with E-state index in [9.17, 15) is 19.7 Å². The van der Waals surface area contributed by atoms with Crippen LogP contribution in [0.15, 0.2) is 23.2 Å².